The van der Waals surface area contributed by atoms with Crippen LogP contribution in [-0.4, -0.2) is 6.04 Å². The number of allylic oxidation sites excluding steroid dienone is 4. The average molecular weight is 607 g/mol. The molecular formula is C45H38N2. The maximum absolute atomic E-state index is 2.53. The highest BCUT2D eigenvalue weighted by Crippen LogP contribution is 2.51. The molecule has 228 valence electrons. The molecule has 2 nitrogen and oxygen atoms in total. The maximum Gasteiger partial charge on any atom is 0.0626 e. The highest BCUT2D eigenvalue weighted by molar-refractivity contribution is 5.85. The van der Waals surface area contributed by atoms with E-state index in [1.807, 2.05) is 0 Å². The highest BCUT2D eigenvalue weighted by atomic mass is 15.2. The van der Waals surface area contributed by atoms with Gasteiger partial charge in [0.1, 0.15) is 0 Å². The van der Waals surface area contributed by atoms with E-state index < -0.39 is 0 Å². The number of hydrogen-bond donors (Lipinski definition) is 0. The Bertz CT molecular complexity index is 2100. The summed E-state index contributed by atoms with van der Waals surface area (Å²) in [7, 11) is 0. The molecule has 1 aliphatic heterocycles. The second-order valence-electron chi connectivity index (χ2n) is 13.7. The quantitative estimate of drug-likeness (QED) is 0.196. The molecule has 0 N–H and O–H groups in total. The molecule has 0 bridgehead atoms. The van der Waals surface area contributed by atoms with Crippen molar-refractivity contribution in [2.24, 2.45) is 5.92 Å². The average Bonchev–Trinajstić information content (AvgIpc) is 3.58. The fourth-order valence-electron chi connectivity index (χ4n) is 8.45. The molecule has 0 saturated heterocycles. The van der Waals surface area contributed by atoms with Crippen LogP contribution in [0.3, 0.4) is 0 Å². The molecule has 3 unspecified atom stereocenters. The predicted octanol–water partition coefficient (Wildman–Crippen LogP) is 11.4. The lowest BCUT2D eigenvalue weighted by molar-refractivity contribution is 0.644. The molecule has 0 saturated carbocycles. The van der Waals surface area contributed by atoms with Gasteiger partial charge in [-0.05, 0) is 94.4 Å². The van der Waals surface area contributed by atoms with E-state index in [1.54, 1.807) is 5.57 Å². The smallest absolute Gasteiger partial charge is 0.0626 e. The fourth-order valence-corrected chi connectivity index (χ4v) is 8.45. The number of benzene rings is 5. The first-order chi connectivity index (χ1) is 23.1. The largest absolute Gasteiger partial charge is 0.334 e. The molecule has 3 atom stereocenters. The van der Waals surface area contributed by atoms with E-state index in [0.717, 1.165) is 12.1 Å². The summed E-state index contributed by atoms with van der Waals surface area (Å²) in [6.45, 7) is 4.71. The minimum Gasteiger partial charge on any atom is -0.334 e. The summed E-state index contributed by atoms with van der Waals surface area (Å²) >= 11 is 0. The Morgan fingerprint density at radius 3 is 2.09 bits per heavy atom. The second-order valence-corrected chi connectivity index (χ2v) is 13.7. The van der Waals surface area contributed by atoms with Crippen LogP contribution in [0.2, 0.25) is 0 Å². The zero-order valence-corrected chi connectivity index (χ0v) is 26.9. The van der Waals surface area contributed by atoms with Crippen LogP contribution < -0.4 is 9.80 Å². The van der Waals surface area contributed by atoms with Crippen LogP contribution in [0.25, 0.3) is 11.1 Å². The lowest BCUT2D eigenvalue weighted by atomic mass is 9.81. The normalized spacial score (nSPS) is 21.3. The van der Waals surface area contributed by atoms with Crippen molar-refractivity contribution in [1.29, 1.82) is 0 Å². The summed E-state index contributed by atoms with van der Waals surface area (Å²) in [5.41, 5.74) is 14.5. The molecule has 2 heteroatoms. The summed E-state index contributed by atoms with van der Waals surface area (Å²) in [5.74, 6) is 0.758. The predicted molar refractivity (Wildman–Crippen MR) is 197 cm³/mol. The molecule has 0 radical (unpaired) electrons. The molecule has 3 aliphatic carbocycles. The Labute approximate surface area is 278 Å². The zero-order valence-electron chi connectivity index (χ0n) is 26.9. The van der Waals surface area contributed by atoms with Crippen molar-refractivity contribution in [3.05, 3.63) is 192 Å². The molecule has 5 aromatic carbocycles. The molecule has 4 aliphatic rings. The Balaban J connectivity index is 1.05. The van der Waals surface area contributed by atoms with Crippen molar-refractivity contribution in [3.8, 4) is 11.1 Å². The number of hydrogen-bond acceptors (Lipinski definition) is 2. The van der Waals surface area contributed by atoms with Gasteiger partial charge < -0.3 is 9.80 Å². The summed E-state index contributed by atoms with van der Waals surface area (Å²) in [5, 5.41) is 0. The summed E-state index contributed by atoms with van der Waals surface area (Å²) in [4.78, 5) is 4.93. The molecule has 0 aromatic heterocycles. The lowest BCUT2D eigenvalue weighted by Gasteiger charge is -2.30. The zero-order chi connectivity index (χ0) is 31.5. The van der Waals surface area contributed by atoms with Gasteiger partial charge in [-0.25, -0.2) is 0 Å². The van der Waals surface area contributed by atoms with Crippen molar-refractivity contribution in [2.75, 3.05) is 9.80 Å². The lowest BCUT2D eigenvalue weighted by Crippen LogP contribution is -2.32. The van der Waals surface area contributed by atoms with Crippen molar-refractivity contribution < 1.29 is 0 Å². The van der Waals surface area contributed by atoms with Gasteiger partial charge in [0.25, 0.3) is 0 Å². The van der Waals surface area contributed by atoms with Crippen molar-refractivity contribution in [2.45, 2.75) is 37.6 Å². The van der Waals surface area contributed by atoms with Gasteiger partial charge in [-0.2, -0.15) is 0 Å². The van der Waals surface area contributed by atoms with Crippen LogP contribution in [0.1, 0.15) is 42.9 Å². The van der Waals surface area contributed by atoms with E-state index in [9.17, 15) is 0 Å². The van der Waals surface area contributed by atoms with Gasteiger partial charge >= 0.3 is 0 Å². The first-order valence-corrected chi connectivity index (χ1v) is 16.9. The minimum absolute atomic E-state index is 0.0480. The van der Waals surface area contributed by atoms with E-state index in [-0.39, 0.29) is 5.41 Å². The monoisotopic (exact) mass is 606 g/mol. The number of fused-ring (bicyclic) bond motifs is 5. The second kappa shape index (κ2) is 10.9. The van der Waals surface area contributed by atoms with Crippen LogP contribution >= 0.6 is 0 Å². The summed E-state index contributed by atoms with van der Waals surface area (Å²) in [6.07, 6.45) is 15.0. The first-order valence-electron chi connectivity index (χ1n) is 16.9. The SMILES string of the molecule is CC1(C)c2ccccc2-c2ccc(N(c3ccccc3)c3ccc(C4C=CC5=C(C4)C4C=CC=CC4N5c4ccccc4)cc3)cc21. The van der Waals surface area contributed by atoms with Gasteiger partial charge in [0.2, 0.25) is 0 Å². The summed E-state index contributed by atoms with van der Waals surface area (Å²) < 4.78 is 0. The Morgan fingerprint density at radius 1 is 0.617 bits per heavy atom. The van der Waals surface area contributed by atoms with Crippen LogP contribution in [-0.2, 0) is 5.41 Å². The number of anilines is 4. The van der Waals surface area contributed by atoms with Gasteiger partial charge in [0.05, 0.1) is 6.04 Å². The minimum atomic E-state index is -0.0480. The highest BCUT2D eigenvalue weighted by Gasteiger charge is 2.40. The fraction of sp³-hybridized carbons (Fsp3) is 0.156. The van der Waals surface area contributed by atoms with Gasteiger partial charge in [0.15, 0.2) is 0 Å². The van der Waals surface area contributed by atoms with E-state index in [2.05, 4.69) is 187 Å². The van der Waals surface area contributed by atoms with Gasteiger partial charge in [-0.3, -0.25) is 0 Å². The Morgan fingerprint density at radius 2 is 1.28 bits per heavy atom. The standard InChI is InChI=1S/C45H38N2/c1-45(2)41-19-11-9-17-37(41)38-27-26-36(30-42(38)45)46(33-13-5-3-6-14-33)35-24-21-31(22-25-35)32-23-28-44-40(29-32)39-18-10-12-20-43(39)47(44)34-15-7-4-8-16-34/h3-28,30,32,39,43H,29H2,1-2H3. The third-order valence-corrected chi connectivity index (χ3v) is 10.8. The molecule has 47 heavy (non-hydrogen) atoms. The Hall–Kier alpha value is -5.34. The van der Waals surface area contributed by atoms with Crippen LogP contribution in [0.15, 0.2) is 175 Å². The third kappa shape index (κ3) is 4.47. The molecule has 0 amide bonds. The van der Waals surface area contributed by atoms with Crippen molar-refractivity contribution in [3.63, 3.8) is 0 Å². The number of para-hydroxylation sites is 2. The van der Waals surface area contributed by atoms with Crippen LogP contribution in [0.5, 0.6) is 0 Å². The van der Waals surface area contributed by atoms with Crippen LogP contribution in [0, 0.1) is 5.92 Å². The van der Waals surface area contributed by atoms with Crippen LogP contribution in [0.4, 0.5) is 22.7 Å². The topological polar surface area (TPSA) is 6.48 Å². The van der Waals surface area contributed by atoms with E-state index in [1.165, 1.54) is 50.6 Å². The number of nitrogens with zero attached hydrogens (tertiary/aromatic N) is 2. The molecule has 0 spiro atoms. The van der Waals surface area contributed by atoms with Crippen molar-refractivity contribution in [1.82, 2.24) is 0 Å². The third-order valence-electron chi connectivity index (χ3n) is 10.8. The molecule has 0 fully saturated rings. The molecule has 9 rings (SSSR count). The van der Waals surface area contributed by atoms with Crippen molar-refractivity contribution >= 4 is 22.7 Å². The maximum atomic E-state index is 2.53. The van der Waals surface area contributed by atoms with E-state index in [0.29, 0.717) is 17.9 Å². The number of rotatable bonds is 5. The van der Waals surface area contributed by atoms with E-state index >= 15 is 0 Å². The van der Waals surface area contributed by atoms with E-state index in [4.69, 9.17) is 0 Å². The van der Waals surface area contributed by atoms with Gasteiger partial charge in [-0.1, -0.05) is 123 Å². The summed E-state index contributed by atoms with van der Waals surface area (Å²) in [6, 6.07) is 47.2. The molecular weight excluding hydrogens is 569 g/mol. The molecule has 1 heterocycles. The molecule has 5 aromatic rings. The first kappa shape index (κ1) is 27.9. The van der Waals surface area contributed by atoms with Gasteiger partial charge in [-0.15, -0.1) is 0 Å². The Kier molecular flexibility index (Phi) is 6.47. The van der Waals surface area contributed by atoms with Gasteiger partial charge in [0, 0.05) is 45.7 Å².